The van der Waals surface area contributed by atoms with Crippen molar-refractivity contribution in [2.45, 2.75) is 44.0 Å². The summed E-state index contributed by atoms with van der Waals surface area (Å²) in [5.74, 6) is 1.73. The van der Waals surface area contributed by atoms with Gasteiger partial charge in [0.1, 0.15) is 11.6 Å². The second-order valence-corrected chi connectivity index (χ2v) is 12.9. The van der Waals surface area contributed by atoms with E-state index in [1.807, 2.05) is 30.3 Å². The second kappa shape index (κ2) is 10.3. The first-order valence-electron chi connectivity index (χ1n) is 13.1. The summed E-state index contributed by atoms with van der Waals surface area (Å²) in [5, 5.41) is 1.05. The van der Waals surface area contributed by atoms with E-state index >= 15 is 0 Å². The molecule has 0 aliphatic carbocycles. The van der Waals surface area contributed by atoms with Crippen molar-refractivity contribution in [3.05, 3.63) is 59.9 Å². The summed E-state index contributed by atoms with van der Waals surface area (Å²) < 4.78 is 33.8. The molecule has 0 N–H and O–H groups in total. The predicted molar refractivity (Wildman–Crippen MR) is 146 cm³/mol. The molecular weight excluding hydrogens is 486 g/mol. The van der Waals surface area contributed by atoms with Crippen LogP contribution in [0.25, 0.3) is 10.9 Å². The Labute approximate surface area is 220 Å². The molecule has 3 aromatic rings. The number of morpholine rings is 1. The van der Waals surface area contributed by atoms with Gasteiger partial charge in [-0.3, -0.25) is 4.90 Å². The minimum absolute atomic E-state index is 0.0173. The van der Waals surface area contributed by atoms with Crippen LogP contribution in [0, 0.1) is 0 Å². The van der Waals surface area contributed by atoms with Crippen LogP contribution in [0.4, 0.5) is 5.82 Å². The predicted octanol–water partition coefficient (Wildman–Crippen LogP) is 3.83. The van der Waals surface area contributed by atoms with Crippen LogP contribution < -0.4 is 4.90 Å². The molecule has 0 amide bonds. The van der Waals surface area contributed by atoms with Crippen molar-refractivity contribution in [3.63, 3.8) is 0 Å². The zero-order chi connectivity index (χ0) is 26.2. The molecule has 1 atom stereocenters. The number of piperazine rings is 1. The summed E-state index contributed by atoms with van der Waals surface area (Å²) in [7, 11) is -3.53. The minimum atomic E-state index is -3.53. The number of para-hydroxylation sites is 1. The first-order chi connectivity index (χ1) is 17.6. The maximum atomic E-state index is 13.3. The molecule has 2 aliphatic heterocycles. The highest BCUT2D eigenvalue weighted by atomic mass is 32.2. The first-order valence-corrected chi connectivity index (χ1v) is 14.5. The van der Waals surface area contributed by atoms with Crippen LogP contribution >= 0.6 is 0 Å². The summed E-state index contributed by atoms with van der Waals surface area (Å²) >= 11 is 0. The smallest absolute Gasteiger partial charge is 0.243 e. The molecule has 1 aromatic heterocycles. The van der Waals surface area contributed by atoms with Crippen LogP contribution in [-0.2, 0) is 20.2 Å². The number of anilines is 1. The Morgan fingerprint density at radius 3 is 2.16 bits per heavy atom. The van der Waals surface area contributed by atoms with Gasteiger partial charge in [0.15, 0.2) is 0 Å². The van der Waals surface area contributed by atoms with Gasteiger partial charge in [-0.25, -0.2) is 18.4 Å². The highest BCUT2D eigenvalue weighted by Gasteiger charge is 2.32. The molecule has 0 spiro atoms. The van der Waals surface area contributed by atoms with Crippen molar-refractivity contribution in [3.8, 4) is 0 Å². The lowest BCUT2D eigenvalue weighted by molar-refractivity contribution is 0.122. The zero-order valence-electron chi connectivity index (χ0n) is 22.2. The summed E-state index contributed by atoms with van der Waals surface area (Å²) in [6, 6.07) is 15.4. The van der Waals surface area contributed by atoms with Crippen molar-refractivity contribution >= 4 is 26.7 Å². The van der Waals surface area contributed by atoms with E-state index in [9.17, 15) is 8.42 Å². The Hall–Kier alpha value is -2.59. The number of nitrogens with zero attached hydrogens (tertiary/aromatic N) is 5. The summed E-state index contributed by atoms with van der Waals surface area (Å²) in [6.45, 7) is 13.6. The fourth-order valence-electron chi connectivity index (χ4n) is 5.05. The molecule has 0 saturated carbocycles. The Morgan fingerprint density at radius 1 is 0.865 bits per heavy atom. The summed E-state index contributed by atoms with van der Waals surface area (Å²) in [4.78, 5) is 14.8. The van der Waals surface area contributed by atoms with Crippen LogP contribution in [0.1, 0.15) is 45.1 Å². The van der Waals surface area contributed by atoms with E-state index < -0.39 is 10.0 Å². The fourth-order valence-corrected chi connectivity index (χ4v) is 6.47. The van der Waals surface area contributed by atoms with Gasteiger partial charge in [0.25, 0.3) is 0 Å². The van der Waals surface area contributed by atoms with Crippen LogP contribution in [0.5, 0.6) is 0 Å². The summed E-state index contributed by atoms with van der Waals surface area (Å²) in [6.07, 6.45) is 0. The van der Waals surface area contributed by atoms with Gasteiger partial charge in [0.2, 0.25) is 10.0 Å². The molecule has 1 unspecified atom stereocenters. The average Bonchev–Trinajstić information content (AvgIpc) is 2.92. The molecule has 198 valence electrons. The second-order valence-electron chi connectivity index (χ2n) is 10.9. The third kappa shape index (κ3) is 5.36. The van der Waals surface area contributed by atoms with Crippen LogP contribution in [0.3, 0.4) is 0 Å². The van der Waals surface area contributed by atoms with E-state index in [1.165, 1.54) is 0 Å². The van der Waals surface area contributed by atoms with Gasteiger partial charge in [0, 0.05) is 44.7 Å². The molecule has 37 heavy (non-hydrogen) atoms. The number of aromatic nitrogens is 2. The monoisotopic (exact) mass is 523 g/mol. The quantitative estimate of drug-likeness (QED) is 0.503. The Balaban J connectivity index is 1.32. The van der Waals surface area contributed by atoms with E-state index in [4.69, 9.17) is 14.7 Å². The zero-order valence-corrected chi connectivity index (χ0v) is 23.0. The molecule has 3 heterocycles. The van der Waals surface area contributed by atoms with Gasteiger partial charge >= 0.3 is 0 Å². The molecule has 2 aromatic carbocycles. The van der Waals surface area contributed by atoms with E-state index in [1.54, 1.807) is 16.4 Å². The van der Waals surface area contributed by atoms with Crippen LogP contribution in [-0.4, -0.2) is 80.1 Å². The van der Waals surface area contributed by atoms with Gasteiger partial charge in [0.05, 0.1) is 29.7 Å². The SMILES string of the molecule is CC(c1nc(N2CCOCC2)c2ccccc2n1)N1CCN(S(=O)(=O)c2ccc(C(C)(C)C)cc2)CC1. The third-order valence-electron chi connectivity index (χ3n) is 7.46. The maximum Gasteiger partial charge on any atom is 0.243 e. The topological polar surface area (TPSA) is 78.9 Å². The van der Waals surface area contributed by atoms with Crippen LogP contribution in [0.2, 0.25) is 0 Å². The van der Waals surface area contributed by atoms with Gasteiger partial charge < -0.3 is 9.64 Å². The maximum absolute atomic E-state index is 13.3. The average molecular weight is 524 g/mol. The molecule has 0 bridgehead atoms. The van der Waals surface area contributed by atoms with Gasteiger partial charge in [-0.05, 0) is 42.2 Å². The normalized spacial score (nSPS) is 19.3. The molecule has 0 radical (unpaired) electrons. The molecular formula is C28H37N5O3S. The summed E-state index contributed by atoms with van der Waals surface area (Å²) in [5.41, 5.74) is 2.04. The first kappa shape index (κ1) is 26.0. The third-order valence-corrected chi connectivity index (χ3v) is 9.38. The molecule has 2 saturated heterocycles. The lowest BCUT2D eigenvalue weighted by Gasteiger charge is -2.37. The number of ether oxygens (including phenoxy) is 1. The number of hydrogen-bond acceptors (Lipinski definition) is 7. The van der Waals surface area contributed by atoms with Crippen molar-refractivity contribution in [2.24, 2.45) is 0 Å². The highest BCUT2D eigenvalue weighted by Crippen LogP contribution is 2.30. The highest BCUT2D eigenvalue weighted by molar-refractivity contribution is 7.89. The van der Waals surface area contributed by atoms with Crippen molar-refractivity contribution < 1.29 is 13.2 Å². The van der Waals surface area contributed by atoms with Gasteiger partial charge in [-0.15, -0.1) is 0 Å². The lowest BCUT2D eigenvalue weighted by atomic mass is 9.87. The number of fused-ring (bicyclic) bond motifs is 1. The number of hydrogen-bond donors (Lipinski definition) is 0. The molecule has 8 nitrogen and oxygen atoms in total. The molecule has 9 heteroatoms. The van der Waals surface area contributed by atoms with E-state index in [-0.39, 0.29) is 11.5 Å². The van der Waals surface area contributed by atoms with E-state index in [2.05, 4.69) is 43.6 Å². The van der Waals surface area contributed by atoms with Crippen molar-refractivity contribution in [1.82, 2.24) is 19.2 Å². The number of sulfonamides is 1. The molecule has 2 aliphatic rings. The minimum Gasteiger partial charge on any atom is -0.378 e. The number of benzene rings is 2. The number of rotatable bonds is 5. The molecule has 2 fully saturated rings. The van der Waals surface area contributed by atoms with Gasteiger partial charge in [-0.2, -0.15) is 4.31 Å². The molecule has 5 rings (SSSR count). The van der Waals surface area contributed by atoms with E-state index in [0.717, 1.165) is 41.2 Å². The van der Waals surface area contributed by atoms with Crippen molar-refractivity contribution in [2.75, 3.05) is 57.4 Å². The van der Waals surface area contributed by atoms with Gasteiger partial charge in [-0.1, -0.05) is 45.0 Å². The Morgan fingerprint density at radius 2 is 1.51 bits per heavy atom. The van der Waals surface area contributed by atoms with Crippen LogP contribution in [0.15, 0.2) is 53.4 Å². The fraction of sp³-hybridized carbons (Fsp3) is 0.500. The largest absolute Gasteiger partial charge is 0.378 e. The Bertz CT molecular complexity index is 1340. The standard InChI is InChI=1S/C28H37N5O3S/c1-21(26-29-25-8-6-5-7-24(25)27(30-26)32-17-19-36-20-18-32)31-13-15-33(16-14-31)37(34,35)23-11-9-22(10-12-23)28(2,3)4/h5-12,21H,13-20H2,1-4H3. The van der Waals surface area contributed by atoms with E-state index in [0.29, 0.717) is 44.3 Å². The van der Waals surface area contributed by atoms with Crippen molar-refractivity contribution in [1.29, 1.82) is 0 Å². The lowest BCUT2D eigenvalue weighted by Crippen LogP contribution is -2.49. The Kier molecular flexibility index (Phi) is 7.24.